The maximum atomic E-state index is 12.7. The molecule has 6 heteroatoms. The Morgan fingerprint density at radius 2 is 0.506 bits per heavy atom. The van der Waals surface area contributed by atoms with Gasteiger partial charge in [0.1, 0.15) is 12.2 Å². The van der Waals surface area contributed by atoms with Gasteiger partial charge in [-0.1, -0.05) is 392 Å². The fourth-order valence-corrected chi connectivity index (χ4v) is 12.1. The largest absolute Gasteiger partial charge is 0.394 e. The van der Waals surface area contributed by atoms with Crippen molar-refractivity contribution in [3.63, 3.8) is 0 Å². The van der Waals surface area contributed by atoms with E-state index in [4.69, 9.17) is 0 Å². The zero-order valence-corrected chi connectivity index (χ0v) is 53.9. The highest BCUT2D eigenvalue weighted by Crippen LogP contribution is 2.20. The van der Waals surface area contributed by atoms with Crippen molar-refractivity contribution in [2.75, 3.05) is 6.61 Å². The lowest BCUT2D eigenvalue weighted by Crippen LogP contribution is -2.53. The molecule has 0 aliphatic carbocycles. The molecular formula is C73H145NO5. The van der Waals surface area contributed by atoms with Crippen molar-refractivity contribution in [1.29, 1.82) is 0 Å². The molecule has 0 bridgehead atoms. The Bertz CT molecular complexity index is 1160. The van der Waals surface area contributed by atoms with Crippen molar-refractivity contribution in [1.82, 2.24) is 5.32 Å². The molecule has 4 atom stereocenters. The Morgan fingerprint density at radius 1 is 0.304 bits per heavy atom. The van der Waals surface area contributed by atoms with Crippen LogP contribution in [0.2, 0.25) is 0 Å². The summed E-state index contributed by atoms with van der Waals surface area (Å²) in [5.41, 5.74) is 0. The summed E-state index contributed by atoms with van der Waals surface area (Å²) >= 11 is 0. The lowest BCUT2D eigenvalue weighted by atomic mass is 9.99. The van der Waals surface area contributed by atoms with Crippen LogP contribution in [0.1, 0.15) is 418 Å². The van der Waals surface area contributed by atoms with E-state index in [9.17, 15) is 25.2 Å². The maximum Gasteiger partial charge on any atom is 0.249 e. The van der Waals surface area contributed by atoms with Gasteiger partial charge in [0.05, 0.1) is 18.8 Å². The number of unbranched alkanes of at least 4 members (excludes halogenated alkanes) is 58. The van der Waals surface area contributed by atoms with Crippen LogP contribution < -0.4 is 5.32 Å². The molecule has 6 nitrogen and oxygen atoms in total. The average Bonchev–Trinajstić information content (AvgIpc) is 3.45. The van der Waals surface area contributed by atoms with E-state index in [-0.39, 0.29) is 0 Å². The first-order valence-electron chi connectivity index (χ1n) is 36.6. The van der Waals surface area contributed by atoms with E-state index in [1.54, 1.807) is 0 Å². The Hall–Kier alpha value is -0.950. The van der Waals surface area contributed by atoms with Gasteiger partial charge in [-0.25, -0.2) is 0 Å². The Morgan fingerprint density at radius 3 is 0.734 bits per heavy atom. The summed E-state index contributed by atoms with van der Waals surface area (Å²) in [5, 5.41) is 44.3. The molecule has 0 saturated carbocycles. The Kier molecular flexibility index (Phi) is 67.0. The van der Waals surface area contributed by atoms with Crippen LogP contribution in [0, 0.1) is 0 Å². The molecule has 0 fully saturated rings. The van der Waals surface area contributed by atoms with E-state index in [1.165, 1.54) is 353 Å². The van der Waals surface area contributed by atoms with Gasteiger partial charge in [0.25, 0.3) is 0 Å². The highest BCUT2D eigenvalue weighted by atomic mass is 16.3. The molecule has 5 N–H and O–H groups in total. The summed E-state index contributed by atoms with van der Waals surface area (Å²) in [6.45, 7) is 4.12. The smallest absolute Gasteiger partial charge is 0.249 e. The van der Waals surface area contributed by atoms with Crippen LogP contribution in [-0.2, 0) is 4.79 Å². The lowest BCUT2D eigenvalue weighted by Gasteiger charge is -2.27. The predicted octanol–water partition coefficient (Wildman–Crippen LogP) is 22.7. The van der Waals surface area contributed by atoms with Crippen molar-refractivity contribution >= 4 is 5.91 Å². The third kappa shape index (κ3) is 61.4. The fraction of sp³-hybridized carbons (Fsp3) is 0.959. The van der Waals surface area contributed by atoms with E-state index in [0.717, 1.165) is 38.5 Å². The second kappa shape index (κ2) is 67.8. The molecule has 0 aromatic heterocycles. The zero-order chi connectivity index (χ0) is 57.3. The minimum Gasteiger partial charge on any atom is -0.394 e. The highest BCUT2D eigenvalue weighted by Gasteiger charge is 2.28. The summed E-state index contributed by atoms with van der Waals surface area (Å²) < 4.78 is 0. The normalized spacial score (nSPS) is 13.4. The van der Waals surface area contributed by atoms with Crippen LogP contribution in [0.3, 0.4) is 0 Å². The number of rotatable bonds is 69. The van der Waals surface area contributed by atoms with Crippen LogP contribution in [0.4, 0.5) is 0 Å². The van der Waals surface area contributed by atoms with Crippen molar-refractivity contribution in [2.24, 2.45) is 0 Å². The maximum absolute atomic E-state index is 12.7. The van der Waals surface area contributed by atoms with Gasteiger partial charge in [0.15, 0.2) is 0 Å². The minimum atomic E-state index is -1.26. The number of amides is 1. The molecule has 1 amide bonds. The topological polar surface area (TPSA) is 110 Å². The van der Waals surface area contributed by atoms with Crippen LogP contribution >= 0.6 is 0 Å². The summed E-state index contributed by atoms with van der Waals surface area (Å²) in [6.07, 6.45) is 85.0. The predicted molar refractivity (Wildman–Crippen MR) is 348 cm³/mol. The summed E-state index contributed by atoms with van der Waals surface area (Å²) in [4.78, 5) is 12.7. The van der Waals surface area contributed by atoms with Crippen LogP contribution in [0.5, 0.6) is 0 Å². The molecule has 0 radical (unpaired) electrons. The number of nitrogens with one attached hydrogen (secondary N) is 1. The van der Waals surface area contributed by atoms with Gasteiger partial charge in [0, 0.05) is 0 Å². The third-order valence-electron chi connectivity index (χ3n) is 17.7. The molecule has 0 aromatic carbocycles. The van der Waals surface area contributed by atoms with Crippen molar-refractivity contribution in [2.45, 2.75) is 443 Å². The Balaban J connectivity index is 3.51. The van der Waals surface area contributed by atoms with Gasteiger partial charge in [-0.05, 0) is 38.5 Å². The van der Waals surface area contributed by atoms with Gasteiger partial charge in [-0.15, -0.1) is 0 Å². The molecule has 0 saturated heterocycles. The minimum absolute atomic E-state index is 0.374. The molecule has 0 spiro atoms. The lowest BCUT2D eigenvalue weighted by molar-refractivity contribution is -0.132. The number of carbonyl (C=O) groups is 1. The third-order valence-corrected chi connectivity index (χ3v) is 17.7. The molecule has 0 aromatic rings. The molecule has 0 heterocycles. The van der Waals surface area contributed by atoms with Gasteiger partial charge in [-0.2, -0.15) is 0 Å². The number of carbonyl (C=O) groups excluding carboxylic acids is 1. The second-order valence-corrected chi connectivity index (χ2v) is 25.7. The van der Waals surface area contributed by atoms with E-state index in [1.807, 2.05) is 0 Å². The quantitative estimate of drug-likeness (QED) is 0.0308. The van der Waals surface area contributed by atoms with E-state index in [2.05, 4.69) is 31.3 Å². The van der Waals surface area contributed by atoms with Gasteiger partial charge in [0.2, 0.25) is 5.91 Å². The molecule has 79 heavy (non-hydrogen) atoms. The number of aliphatic hydroxyl groups is 4. The van der Waals surface area contributed by atoms with Crippen LogP contribution in [0.25, 0.3) is 0 Å². The van der Waals surface area contributed by atoms with E-state index in [0.29, 0.717) is 12.8 Å². The molecular weight excluding hydrogens is 971 g/mol. The highest BCUT2D eigenvalue weighted by molar-refractivity contribution is 5.80. The van der Waals surface area contributed by atoms with Gasteiger partial charge < -0.3 is 25.7 Å². The first-order chi connectivity index (χ1) is 39.0. The molecule has 4 unspecified atom stereocenters. The fourth-order valence-electron chi connectivity index (χ4n) is 12.1. The number of allylic oxidation sites excluding steroid dienone is 2. The molecule has 0 aliphatic heterocycles. The first-order valence-corrected chi connectivity index (χ1v) is 36.6. The molecule has 472 valence electrons. The van der Waals surface area contributed by atoms with Crippen LogP contribution in [0.15, 0.2) is 12.2 Å². The molecule has 0 aliphatic rings. The number of hydrogen-bond donors (Lipinski definition) is 5. The molecule has 0 rings (SSSR count). The van der Waals surface area contributed by atoms with Crippen molar-refractivity contribution < 1.29 is 25.2 Å². The zero-order valence-electron chi connectivity index (χ0n) is 53.9. The van der Waals surface area contributed by atoms with Gasteiger partial charge >= 0.3 is 0 Å². The number of hydrogen-bond acceptors (Lipinski definition) is 5. The van der Waals surface area contributed by atoms with Crippen molar-refractivity contribution in [3.05, 3.63) is 12.2 Å². The van der Waals surface area contributed by atoms with E-state index >= 15 is 0 Å². The Labute approximate surface area is 495 Å². The van der Waals surface area contributed by atoms with Crippen molar-refractivity contribution in [3.8, 4) is 0 Å². The monoisotopic (exact) mass is 1120 g/mol. The van der Waals surface area contributed by atoms with Gasteiger partial charge in [-0.3, -0.25) is 4.79 Å². The summed E-state index contributed by atoms with van der Waals surface area (Å²) in [7, 11) is 0. The first kappa shape index (κ1) is 78.0. The van der Waals surface area contributed by atoms with E-state index < -0.39 is 36.9 Å². The second-order valence-electron chi connectivity index (χ2n) is 25.7. The standard InChI is InChI=1S/C73H145NO5/c1-3-5-7-9-11-13-15-17-19-21-23-25-27-29-31-33-35-37-39-41-43-45-47-49-51-53-55-57-59-61-63-65-67-71(77)73(79)74-69(68-75)72(78)70(76)66-64-62-60-58-56-54-52-50-48-46-44-42-40-38-36-34-32-30-28-26-24-22-20-18-16-14-12-10-8-6-4-2/h29,31,69-72,75-78H,3-28,30,32-68H2,1-2H3,(H,74,79)/b31-29-. The average molecular weight is 1120 g/mol. The van der Waals surface area contributed by atoms with Crippen LogP contribution in [-0.4, -0.2) is 57.3 Å². The number of aliphatic hydroxyl groups excluding tert-OH is 4. The SMILES string of the molecule is CCCCCCCCCCCCCC/C=C\CCCCCCCCCCCCCCCCCCC(O)C(=O)NC(CO)C(O)C(O)CCCCCCCCCCCCCCCCCCCCCCCCCCCCCCCCC. The summed E-state index contributed by atoms with van der Waals surface area (Å²) in [5.74, 6) is -0.574. The summed E-state index contributed by atoms with van der Waals surface area (Å²) in [6, 6.07) is -0.984.